The summed E-state index contributed by atoms with van der Waals surface area (Å²) in [5.41, 5.74) is -0.342. The minimum atomic E-state index is -0.293. The summed E-state index contributed by atoms with van der Waals surface area (Å²) >= 11 is 0. The van der Waals surface area contributed by atoms with Crippen LogP contribution in [0.2, 0.25) is 0 Å². The lowest BCUT2D eigenvalue weighted by Gasteiger charge is -2.72. The molecule has 5 aliphatic carbocycles. The molecule has 0 bridgehead atoms. The van der Waals surface area contributed by atoms with Crippen molar-refractivity contribution in [3.05, 3.63) is 0 Å². The molecule has 34 heavy (non-hydrogen) atoms. The average Bonchev–Trinajstić information content (AvgIpc) is 2.72. The van der Waals surface area contributed by atoms with Crippen molar-refractivity contribution in [3.8, 4) is 0 Å². The van der Waals surface area contributed by atoms with Crippen molar-refractivity contribution in [2.75, 3.05) is 0 Å². The zero-order valence-corrected chi connectivity index (χ0v) is 23.1. The maximum absolute atomic E-state index is 14.3. The third-order valence-electron chi connectivity index (χ3n) is 13.5. The van der Waals surface area contributed by atoms with Crippen LogP contribution in [0.25, 0.3) is 0 Å². The minimum Gasteiger partial charge on any atom is -0.299 e. The number of rotatable bonds is 1. The number of Topliss-reactive ketones (excluding diaryl/α,β-unsaturated/α-hetero) is 3. The highest BCUT2D eigenvalue weighted by molar-refractivity contribution is 5.89. The van der Waals surface area contributed by atoms with Crippen LogP contribution in [0.3, 0.4) is 0 Å². The van der Waals surface area contributed by atoms with E-state index in [4.69, 9.17) is 0 Å². The normalized spacial score (nSPS) is 51.5. The first kappa shape index (κ1) is 24.7. The Hall–Kier alpha value is -0.990. The fraction of sp³-hybridized carbons (Fsp3) is 0.903. The highest BCUT2D eigenvalue weighted by Gasteiger charge is 2.72. The van der Waals surface area contributed by atoms with E-state index in [2.05, 4.69) is 48.5 Å². The monoisotopic (exact) mass is 468 g/mol. The number of carbonyl (C=O) groups is 3. The first-order valence-corrected chi connectivity index (χ1v) is 14.1. The molecule has 5 saturated carbocycles. The van der Waals surface area contributed by atoms with Gasteiger partial charge in [0.25, 0.3) is 0 Å². The number of hydrogen-bond donors (Lipinski definition) is 0. The van der Waals surface area contributed by atoms with E-state index in [0.29, 0.717) is 42.0 Å². The molecule has 3 heteroatoms. The highest BCUT2D eigenvalue weighted by atomic mass is 16.1. The molecule has 5 rings (SSSR count). The van der Waals surface area contributed by atoms with E-state index < -0.39 is 0 Å². The van der Waals surface area contributed by atoms with Crippen molar-refractivity contribution in [1.29, 1.82) is 0 Å². The van der Waals surface area contributed by atoms with Gasteiger partial charge in [-0.15, -0.1) is 0 Å². The number of carbonyl (C=O) groups excluding carboxylic acids is 3. The summed E-state index contributed by atoms with van der Waals surface area (Å²) in [5, 5.41) is 0. The van der Waals surface area contributed by atoms with Crippen LogP contribution in [0.5, 0.6) is 0 Å². The average molecular weight is 469 g/mol. The maximum atomic E-state index is 14.3. The van der Waals surface area contributed by atoms with Crippen LogP contribution in [0.15, 0.2) is 0 Å². The van der Waals surface area contributed by atoms with E-state index in [9.17, 15) is 14.4 Å². The Bertz CT molecular complexity index is 944. The molecule has 0 amide bonds. The van der Waals surface area contributed by atoms with Gasteiger partial charge in [-0.3, -0.25) is 14.4 Å². The van der Waals surface area contributed by atoms with Crippen LogP contribution in [0.4, 0.5) is 0 Å². The molecule has 190 valence electrons. The number of hydrogen-bond acceptors (Lipinski definition) is 3. The summed E-state index contributed by atoms with van der Waals surface area (Å²) in [6, 6.07) is 0. The third kappa shape index (κ3) is 2.85. The Morgan fingerprint density at radius 2 is 1.44 bits per heavy atom. The van der Waals surface area contributed by atoms with Gasteiger partial charge in [0, 0.05) is 29.6 Å². The van der Waals surface area contributed by atoms with Crippen LogP contribution in [0.1, 0.15) is 120 Å². The molecule has 5 fully saturated rings. The predicted molar refractivity (Wildman–Crippen MR) is 135 cm³/mol. The smallest absolute Gasteiger partial charge is 0.138 e. The van der Waals surface area contributed by atoms with Crippen molar-refractivity contribution in [3.63, 3.8) is 0 Å². The maximum Gasteiger partial charge on any atom is 0.138 e. The third-order valence-corrected chi connectivity index (χ3v) is 13.5. The highest BCUT2D eigenvalue weighted by Crippen LogP contribution is 2.76. The van der Waals surface area contributed by atoms with Crippen molar-refractivity contribution in [2.45, 2.75) is 120 Å². The molecule has 0 aromatic rings. The van der Waals surface area contributed by atoms with E-state index in [-0.39, 0.29) is 44.3 Å². The molecular formula is C31H48O3. The van der Waals surface area contributed by atoms with Crippen molar-refractivity contribution >= 4 is 17.3 Å². The second-order valence-corrected chi connectivity index (χ2v) is 15.5. The van der Waals surface area contributed by atoms with Crippen LogP contribution >= 0.6 is 0 Å². The quantitative estimate of drug-likeness (QED) is 0.409. The molecule has 0 saturated heterocycles. The van der Waals surface area contributed by atoms with E-state index in [1.54, 1.807) is 6.92 Å². The second-order valence-electron chi connectivity index (χ2n) is 15.5. The molecule has 0 radical (unpaired) electrons. The molecule has 0 aliphatic heterocycles. The van der Waals surface area contributed by atoms with Crippen molar-refractivity contribution < 1.29 is 14.4 Å². The van der Waals surface area contributed by atoms with Crippen LogP contribution < -0.4 is 0 Å². The second kappa shape index (κ2) is 7.06. The Morgan fingerprint density at radius 3 is 2.09 bits per heavy atom. The van der Waals surface area contributed by atoms with E-state index in [1.165, 1.54) is 0 Å². The lowest BCUT2D eigenvalue weighted by Crippen LogP contribution is -2.69. The van der Waals surface area contributed by atoms with Crippen molar-refractivity contribution in [2.24, 2.45) is 56.2 Å². The molecule has 0 heterocycles. The van der Waals surface area contributed by atoms with E-state index in [0.717, 1.165) is 51.4 Å². The predicted octanol–water partition coefficient (Wildman–Crippen LogP) is 7.21. The molecule has 0 spiro atoms. The Morgan fingerprint density at radius 1 is 0.794 bits per heavy atom. The molecular weight excluding hydrogens is 420 g/mol. The summed E-state index contributed by atoms with van der Waals surface area (Å²) in [4.78, 5) is 40.5. The van der Waals surface area contributed by atoms with E-state index >= 15 is 0 Å². The van der Waals surface area contributed by atoms with Crippen LogP contribution in [-0.2, 0) is 14.4 Å². The van der Waals surface area contributed by atoms with Gasteiger partial charge in [0.1, 0.15) is 17.3 Å². The summed E-state index contributed by atoms with van der Waals surface area (Å²) in [6.07, 6.45) is 9.43. The van der Waals surface area contributed by atoms with Gasteiger partial charge in [0.05, 0.1) is 0 Å². The largest absolute Gasteiger partial charge is 0.299 e. The Kier molecular flexibility index (Phi) is 5.13. The number of fused-ring (bicyclic) bond motifs is 7. The molecule has 8 atom stereocenters. The van der Waals surface area contributed by atoms with Gasteiger partial charge in [-0.1, -0.05) is 48.5 Å². The molecule has 1 unspecified atom stereocenters. The Labute approximate surface area is 207 Å². The van der Waals surface area contributed by atoms with Gasteiger partial charge in [0.15, 0.2) is 0 Å². The number of ketones is 3. The van der Waals surface area contributed by atoms with Gasteiger partial charge in [-0.25, -0.2) is 0 Å². The van der Waals surface area contributed by atoms with Gasteiger partial charge in [-0.2, -0.15) is 0 Å². The lowest BCUT2D eigenvalue weighted by molar-refractivity contribution is -0.232. The van der Waals surface area contributed by atoms with E-state index in [1.807, 2.05) is 0 Å². The van der Waals surface area contributed by atoms with Crippen LogP contribution in [-0.4, -0.2) is 17.3 Å². The van der Waals surface area contributed by atoms with Gasteiger partial charge in [-0.05, 0) is 97.7 Å². The SMILES string of the molecule is CC(=O)C12CCC(C)(C)C[C@H]1[C@H]1C(=O)C[C@@H]3[C@@]4(C)CCC(=O)C(C)(C)[C@@H]4CC[C@@]3(C)[C@]1(C)CC2. The zero-order valence-electron chi connectivity index (χ0n) is 23.1. The topological polar surface area (TPSA) is 51.2 Å². The summed E-state index contributed by atoms with van der Waals surface area (Å²) in [7, 11) is 0. The van der Waals surface area contributed by atoms with Gasteiger partial charge in [0.2, 0.25) is 0 Å². The standard InChI is InChI=1S/C31H48O3/c1-19(32)31-15-13-26(2,3)18-20(31)25-21(33)17-23-28(6)11-10-24(34)27(4,5)22(28)9-12-29(23,7)30(25,8)14-16-31/h20,22-23,25H,9-18H2,1-8H3/t20-,22-,23+,25-,28-,29+,30+,31?/m0/s1. The molecule has 0 aromatic heterocycles. The van der Waals surface area contributed by atoms with Crippen LogP contribution in [0, 0.1) is 56.2 Å². The lowest BCUT2D eigenvalue weighted by atomic mass is 9.31. The fourth-order valence-electron chi connectivity index (χ4n) is 11.1. The molecule has 0 aromatic carbocycles. The first-order valence-electron chi connectivity index (χ1n) is 14.1. The van der Waals surface area contributed by atoms with Gasteiger partial charge < -0.3 is 0 Å². The minimum absolute atomic E-state index is 0.00403. The van der Waals surface area contributed by atoms with Gasteiger partial charge >= 0.3 is 0 Å². The Balaban J connectivity index is 1.60. The molecule has 3 nitrogen and oxygen atoms in total. The van der Waals surface area contributed by atoms with Crippen molar-refractivity contribution in [1.82, 2.24) is 0 Å². The molecule has 5 aliphatic rings. The fourth-order valence-corrected chi connectivity index (χ4v) is 11.1. The first-order chi connectivity index (χ1) is 15.6. The summed E-state index contributed by atoms with van der Waals surface area (Å²) < 4.78 is 0. The molecule has 0 N–H and O–H groups in total. The summed E-state index contributed by atoms with van der Waals surface area (Å²) in [5.74, 6) is 2.07. The zero-order chi connectivity index (χ0) is 25.1. The summed E-state index contributed by atoms with van der Waals surface area (Å²) in [6.45, 7) is 18.2.